The number of amides is 2. The summed E-state index contributed by atoms with van der Waals surface area (Å²) >= 11 is 5.03. The molecular weight excluding hydrogens is 388 g/mol. The van der Waals surface area contributed by atoms with Crippen LogP contribution in [0, 0.1) is 0 Å². The fraction of sp³-hybridized carbons (Fsp3) is 0.176. The summed E-state index contributed by atoms with van der Waals surface area (Å²) in [6.07, 6.45) is 3.72. The van der Waals surface area contributed by atoms with Gasteiger partial charge in [-0.05, 0) is 34.1 Å². The van der Waals surface area contributed by atoms with Gasteiger partial charge in [-0.2, -0.15) is 5.10 Å². The maximum atomic E-state index is 12.2. The highest BCUT2D eigenvalue weighted by atomic mass is 79.9. The monoisotopic (exact) mass is 404 g/mol. The molecule has 0 radical (unpaired) electrons. The molecule has 0 fully saturated rings. The number of halogens is 1. The molecule has 24 heavy (non-hydrogen) atoms. The number of urea groups is 1. The Labute approximate surface area is 153 Å². The second-order valence-electron chi connectivity index (χ2n) is 5.37. The van der Waals surface area contributed by atoms with Crippen molar-refractivity contribution in [2.45, 2.75) is 13.1 Å². The molecule has 7 heteroatoms. The van der Waals surface area contributed by atoms with Crippen LogP contribution in [0.1, 0.15) is 10.4 Å². The van der Waals surface area contributed by atoms with Crippen LogP contribution in [0.4, 0.5) is 4.79 Å². The normalized spacial score (nSPS) is 10.6. The van der Waals surface area contributed by atoms with Crippen molar-refractivity contribution in [2.75, 3.05) is 7.05 Å². The zero-order valence-corrected chi connectivity index (χ0v) is 15.5. The number of benzene rings is 1. The summed E-state index contributed by atoms with van der Waals surface area (Å²) in [5, 5.41) is 9.27. The van der Waals surface area contributed by atoms with E-state index in [1.54, 1.807) is 29.5 Å². The van der Waals surface area contributed by atoms with Crippen LogP contribution in [0.5, 0.6) is 0 Å². The first-order chi connectivity index (χ1) is 11.6. The molecule has 5 nitrogen and oxygen atoms in total. The van der Waals surface area contributed by atoms with E-state index in [4.69, 9.17) is 0 Å². The third-order valence-electron chi connectivity index (χ3n) is 3.46. The van der Waals surface area contributed by atoms with Gasteiger partial charge >= 0.3 is 6.03 Å². The lowest BCUT2D eigenvalue weighted by Crippen LogP contribution is -2.36. The van der Waals surface area contributed by atoms with E-state index in [0.29, 0.717) is 13.1 Å². The maximum absolute atomic E-state index is 12.2. The minimum atomic E-state index is -0.105. The Balaban J connectivity index is 1.55. The van der Waals surface area contributed by atoms with E-state index in [2.05, 4.69) is 26.3 Å². The molecule has 1 N–H and O–H groups in total. The van der Waals surface area contributed by atoms with Gasteiger partial charge in [-0.1, -0.05) is 18.2 Å². The molecule has 0 saturated carbocycles. The summed E-state index contributed by atoms with van der Waals surface area (Å²) in [4.78, 5) is 14.9. The minimum Gasteiger partial charge on any atom is -0.333 e. The number of aromatic nitrogens is 2. The van der Waals surface area contributed by atoms with E-state index in [1.807, 2.05) is 52.7 Å². The third-order valence-corrected chi connectivity index (χ3v) is 5.16. The first-order valence-electron chi connectivity index (χ1n) is 7.42. The number of nitrogens with zero attached hydrogens (tertiary/aromatic N) is 3. The number of para-hydroxylation sites is 1. The number of hydrogen-bond acceptors (Lipinski definition) is 3. The minimum absolute atomic E-state index is 0.105. The molecule has 0 unspecified atom stereocenters. The Morgan fingerprint density at radius 2 is 2.17 bits per heavy atom. The van der Waals surface area contributed by atoms with E-state index >= 15 is 0 Å². The Morgan fingerprint density at radius 1 is 1.38 bits per heavy atom. The SMILES string of the molecule is CN(Cc1cnn(-c2ccccc2)c1)C(=O)NCc1cc(Br)cs1. The molecule has 0 spiro atoms. The highest BCUT2D eigenvalue weighted by Crippen LogP contribution is 2.19. The molecule has 3 aromatic rings. The Morgan fingerprint density at radius 3 is 2.88 bits per heavy atom. The van der Waals surface area contributed by atoms with E-state index in [9.17, 15) is 4.79 Å². The Bertz CT molecular complexity index is 815. The molecule has 0 atom stereocenters. The third kappa shape index (κ3) is 4.24. The lowest BCUT2D eigenvalue weighted by molar-refractivity contribution is 0.206. The summed E-state index contributed by atoms with van der Waals surface area (Å²) in [5.74, 6) is 0. The van der Waals surface area contributed by atoms with Crippen molar-refractivity contribution in [1.82, 2.24) is 20.0 Å². The topological polar surface area (TPSA) is 50.2 Å². The second-order valence-corrected chi connectivity index (χ2v) is 7.29. The number of hydrogen-bond donors (Lipinski definition) is 1. The van der Waals surface area contributed by atoms with Gasteiger partial charge in [0.1, 0.15) is 0 Å². The van der Waals surface area contributed by atoms with Gasteiger partial charge in [0, 0.05) is 33.5 Å². The van der Waals surface area contributed by atoms with Gasteiger partial charge in [0.15, 0.2) is 0 Å². The smallest absolute Gasteiger partial charge is 0.317 e. The summed E-state index contributed by atoms with van der Waals surface area (Å²) in [6, 6.07) is 11.8. The average molecular weight is 405 g/mol. The van der Waals surface area contributed by atoms with E-state index in [0.717, 1.165) is 20.6 Å². The fourth-order valence-corrected chi connectivity index (χ4v) is 3.64. The molecule has 0 saturated heterocycles. The van der Waals surface area contributed by atoms with E-state index in [1.165, 1.54) is 0 Å². The van der Waals surface area contributed by atoms with Gasteiger partial charge in [-0.3, -0.25) is 0 Å². The summed E-state index contributed by atoms with van der Waals surface area (Å²) in [5.41, 5.74) is 1.98. The Kier molecular flexibility index (Phi) is 5.32. The molecule has 124 valence electrons. The molecule has 2 heterocycles. The molecule has 3 rings (SSSR count). The quantitative estimate of drug-likeness (QED) is 0.697. The van der Waals surface area contributed by atoms with Crippen molar-refractivity contribution in [3.63, 3.8) is 0 Å². The van der Waals surface area contributed by atoms with Gasteiger partial charge in [-0.15, -0.1) is 11.3 Å². The van der Waals surface area contributed by atoms with Crippen molar-refractivity contribution < 1.29 is 4.79 Å². The van der Waals surface area contributed by atoms with Crippen LogP contribution in [0.25, 0.3) is 5.69 Å². The van der Waals surface area contributed by atoms with Crippen LogP contribution in [-0.2, 0) is 13.1 Å². The van der Waals surface area contributed by atoms with Crippen molar-refractivity contribution in [3.8, 4) is 5.69 Å². The van der Waals surface area contributed by atoms with Gasteiger partial charge in [0.2, 0.25) is 0 Å². The highest BCUT2D eigenvalue weighted by molar-refractivity contribution is 9.10. The van der Waals surface area contributed by atoms with Crippen LogP contribution in [0.2, 0.25) is 0 Å². The average Bonchev–Trinajstić information content (AvgIpc) is 3.22. The van der Waals surface area contributed by atoms with E-state index < -0.39 is 0 Å². The largest absolute Gasteiger partial charge is 0.333 e. The molecule has 0 bridgehead atoms. The first-order valence-corrected chi connectivity index (χ1v) is 9.10. The van der Waals surface area contributed by atoms with Crippen molar-refractivity contribution in [2.24, 2.45) is 0 Å². The standard InChI is InChI=1S/C17H17BrN4OS/c1-21(17(23)19-9-16-7-14(18)12-24-16)10-13-8-20-22(11-13)15-5-3-2-4-6-15/h2-8,11-12H,9-10H2,1H3,(H,19,23). The molecule has 0 aliphatic heterocycles. The zero-order valence-electron chi connectivity index (χ0n) is 13.1. The van der Waals surface area contributed by atoms with Gasteiger partial charge in [-0.25, -0.2) is 9.48 Å². The molecular formula is C17H17BrN4OS. The molecule has 0 aliphatic carbocycles. The number of rotatable bonds is 5. The summed E-state index contributed by atoms with van der Waals surface area (Å²) < 4.78 is 2.85. The molecule has 2 amide bonds. The van der Waals surface area contributed by atoms with Gasteiger partial charge < -0.3 is 10.2 Å². The van der Waals surface area contributed by atoms with Crippen molar-refractivity contribution >= 4 is 33.3 Å². The lowest BCUT2D eigenvalue weighted by Gasteiger charge is -2.16. The van der Waals surface area contributed by atoms with Crippen LogP contribution in [0.3, 0.4) is 0 Å². The first kappa shape index (κ1) is 16.7. The van der Waals surface area contributed by atoms with Crippen LogP contribution in [-0.4, -0.2) is 27.8 Å². The second kappa shape index (κ2) is 7.63. The van der Waals surface area contributed by atoms with Crippen molar-refractivity contribution in [3.05, 3.63) is 69.1 Å². The van der Waals surface area contributed by atoms with Crippen LogP contribution < -0.4 is 5.32 Å². The molecule has 2 aromatic heterocycles. The van der Waals surface area contributed by atoms with E-state index in [-0.39, 0.29) is 6.03 Å². The fourth-order valence-electron chi connectivity index (χ4n) is 2.25. The number of thiophene rings is 1. The zero-order chi connectivity index (χ0) is 16.9. The maximum Gasteiger partial charge on any atom is 0.317 e. The molecule has 0 aliphatic rings. The lowest BCUT2D eigenvalue weighted by atomic mass is 10.3. The number of nitrogens with one attached hydrogen (secondary N) is 1. The summed E-state index contributed by atoms with van der Waals surface area (Å²) in [7, 11) is 1.78. The van der Waals surface area contributed by atoms with Crippen molar-refractivity contribution in [1.29, 1.82) is 0 Å². The Hall–Kier alpha value is -2.12. The van der Waals surface area contributed by atoms with Crippen LogP contribution in [0.15, 0.2) is 58.6 Å². The molecule has 1 aromatic carbocycles. The predicted octanol–water partition coefficient (Wildman–Crippen LogP) is 4.04. The van der Waals surface area contributed by atoms with Crippen LogP contribution >= 0.6 is 27.3 Å². The predicted molar refractivity (Wildman–Crippen MR) is 99.3 cm³/mol. The number of carbonyl (C=O) groups excluding carboxylic acids is 1. The van der Waals surface area contributed by atoms with Gasteiger partial charge in [0.05, 0.1) is 25.0 Å². The highest BCUT2D eigenvalue weighted by Gasteiger charge is 2.11. The van der Waals surface area contributed by atoms with Gasteiger partial charge in [0.25, 0.3) is 0 Å². The number of carbonyl (C=O) groups is 1. The summed E-state index contributed by atoms with van der Waals surface area (Å²) in [6.45, 7) is 1.04.